The molecule has 0 aliphatic carbocycles. The molecule has 0 aliphatic rings. The Morgan fingerprint density at radius 3 is 1.21 bits per heavy atom. The second kappa shape index (κ2) is 23.2. The van der Waals surface area contributed by atoms with Crippen molar-refractivity contribution in [3.63, 3.8) is 0 Å². The summed E-state index contributed by atoms with van der Waals surface area (Å²) in [6.45, 7) is 13.4. The number of hydrogen-bond acceptors (Lipinski definition) is 1. The van der Waals surface area contributed by atoms with Gasteiger partial charge in [0.05, 0.1) is 0 Å². The van der Waals surface area contributed by atoms with Crippen LogP contribution in [0.3, 0.4) is 0 Å². The standard InChI is InChI=1S/C27H57N/c1-5-9-11-13-15-17-19-25-28(24-18-16-14-12-10-6-2)26-20-23-27(21-7-3)22-8-4/h27H,5-26H2,1-4H3. The summed E-state index contributed by atoms with van der Waals surface area (Å²) in [4.78, 5) is 2.82. The zero-order valence-corrected chi connectivity index (χ0v) is 20.6. The average molecular weight is 396 g/mol. The Kier molecular flexibility index (Phi) is 23.2. The molecule has 170 valence electrons. The summed E-state index contributed by atoms with van der Waals surface area (Å²) in [6, 6.07) is 0. The molecular formula is C27H57N. The Morgan fingerprint density at radius 2 is 0.786 bits per heavy atom. The largest absolute Gasteiger partial charge is 0.303 e. The van der Waals surface area contributed by atoms with Gasteiger partial charge in [0.15, 0.2) is 0 Å². The lowest BCUT2D eigenvalue weighted by Crippen LogP contribution is -2.27. The zero-order valence-electron chi connectivity index (χ0n) is 20.6. The van der Waals surface area contributed by atoms with E-state index in [2.05, 4.69) is 32.6 Å². The van der Waals surface area contributed by atoms with Crippen molar-refractivity contribution in [3.8, 4) is 0 Å². The Morgan fingerprint density at radius 1 is 0.393 bits per heavy atom. The van der Waals surface area contributed by atoms with E-state index in [-0.39, 0.29) is 0 Å². The van der Waals surface area contributed by atoms with Gasteiger partial charge in [-0.3, -0.25) is 0 Å². The molecule has 0 N–H and O–H groups in total. The van der Waals surface area contributed by atoms with Crippen LogP contribution in [0.1, 0.15) is 150 Å². The highest BCUT2D eigenvalue weighted by atomic mass is 15.1. The fraction of sp³-hybridized carbons (Fsp3) is 1.00. The number of hydrogen-bond donors (Lipinski definition) is 0. The maximum atomic E-state index is 2.82. The van der Waals surface area contributed by atoms with Gasteiger partial charge in [-0.15, -0.1) is 0 Å². The van der Waals surface area contributed by atoms with E-state index in [1.165, 1.54) is 142 Å². The monoisotopic (exact) mass is 395 g/mol. The Labute approximate surface area is 180 Å². The molecule has 0 aliphatic heterocycles. The number of rotatable bonds is 23. The maximum absolute atomic E-state index is 2.82. The molecule has 0 bridgehead atoms. The van der Waals surface area contributed by atoms with Crippen LogP contribution in [0.4, 0.5) is 0 Å². The molecule has 0 saturated carbocycles. The van der Waals surface area contributed by atoms with Gasteiger partial charge in [-0.25, -0.2) is 0 Å². The predicted octanol–water partition coefficient (Wildman–Crippen LogP) is 9.40. The highest BCUT2D eigenvalue weighted by molar-refractivity contribution is 4.64. The van der Waals surface area contributed by atoms with Gasteiger partial charge in [-0.1, -0.05) is 124 Å². The SMILES string of the molecule is CCCCCCCCCN(CCCCCCCC)CCCC(CCC)CCC. The van der Waals surface area contributed by atoms with Gasteiger partial charge in [-0.05, 0) is 51.2 Å². The second-order valence-electron chi connectivity index (χ2n) is 9.32. The van der Waals surface area contributed by atoms with E-state index in [0.29, 0.717) is 0 Å². The molecule has 1 nitrogen and oxygen atoms in total. The van der Waals surface area contributed by atoms with E-state index in [0.717, 1.165) is 5.92 Å². The van der Waals surface area contributed by atoms with E-state index < -0.39 is 0 Å². The van der Waals surface area contributed by atoms with Crippen LogP contribution in [0.2, 0.25) is 0 Å². The first-order chi connectivity index (χ1) is 13.8. The summed E-state index contributed by atoms with van der Waals surface area (Å²) in [7, 11) is 0. The normalized spacial score (nSPS) is 11.8. The molecule has 1 heteroatoms. The lowest BCUT2D eigenvalue weighted by Gasteiger charge is -2.24. The van der Waals surface area contributed by atoms with Gasteiger partial charge in [0.1, 0.15) is 0 Å². The maximum Gasteiger partial charge on any atom is -0.00186 e. The fourth-order valence-electron chi connectivity index (χ4n) is 4.60. The van der Waals surface area contributed by atoms with Crippen LogP contribution in [0, 0.1) is 5.92 Å². The lowest BCUT2D eigenvalue weighted by atomic mass is 9.93. The van der Waals surface area contributed by atoms with Crippen molar-refractivity contribution in [2.75, 3.05) is 19.6 Å². The first kappa shape index (κ1) is 28.0. The van der Waals surface area contributed by atoms with E-state index >= 15 is 0 Å². The number of unbranched alkanes of at least 4 members (excludes halogenated alkanes) is 11. The average Bonchev–Trinajstić information content (AvgIpc) is 2.69. The third-order valence-corrected chi connectivity index (χ3v) is 6.39. The van der Waals surface area contributed by atoms with Crippen LogP contribution in [0.5, 0.6) is 0 Å². The molecule has 0 fully saturated rings. The minimum absolute atomic E-state index is 0.990. The fourth-order valence-corrected chi connectivity index (χ4v) is 4.60. The third-order valence-electron chi connectivity index (χ3n) is 6.39. The van der Waals surface area contributed by atoms with Crippen molar-refractivity contribution in [1.29, 1.82) is 0 Å². The molecule has 0 heterocycles. The summed E-state index contributed by atoms with van der Waals surface area (Å²) >= 11 is 0. The predicted molar refractivity (Wildman–Crippen MR) is 130 cm³/mol. The van der Waals surface area contributed by atoms with Crippen LogP contribution in [-0.4, -0.2) is 24.5 Å². The molecule has 0 spiro atoms. The van der Waals surface area contributed by atoms with Gasteiger partial charge in [0.25, 0.3) is 0 Å². The van der Waals surface area contributed by atoms with Crippen molar-refractivity contribution in [1.82, 2.24) is 4.90 Å². The summed E-state index contributed by atoms with van der Waals surface area (Å²) in [5.74, 6) is 0.990. The zero-order chi connectivity index (χ0) is 20.7. The van der Waals surface area contributed by atoms with Gasteiger partial charge in [-0.2, -0.15) is 0 Å². The summed E-state index contributed by atoms with van der Waals surface area (Å²) < 4.78 is 0. The highest BCUT2D eigenvalue weighted by Gasteiger charge is 2.09. The Bertz CT molecular complexity index is 269. The van der Waals surface area contributed by atoms with Crippen LogP contribution in [0.25, 0.3) is 0 Å². The molecule has 0 aromatic rings. The molecule has 0 radical (unpaired) electrons. The first-order valence-electron chi connectivity index (χ1n) is 13.5. The molecule has 0 atom stereocenters. The Hall–Kier alpha value is -0.0400. The van der Waals surface area contributed by atoms with E-state index in [9.17, 15) is 0 Å². The second-order valence-corrected chi connectivity index (χ2v) is 9.32. The summed E-state index contributed by atoms with van der Waals surface area (Å²) in [6.07, 6.45) is 27.1. The molecule has 0 aromatic heterocycles. The third kappa shape index (κ3) is 19.3. The van der Waals surface area contributed by atoms with Gasteiger partial charge in [0.2, 0.25) is 0 Å². The van der Waals surface area contributed by atoms with Crippen molar-refractivity contribution in [2.24, 2.45) is 5.92 Å². The van der Waals surface area contributed by atoms with Crippen molar-refractivity contribution in [2.45, 2.75) is 150 Å². The molecular weight excluding hydrogens is 338 g/mol. The minimum Gasteiger partial charge on any atom is -0.303 e. The molecule has 0 saturated heterocycles. The topological polar surface area (TPSA) is 3.24 Å². The number of nitrogens with zero attached hydrogens (tertiary/aromatic N) is 1. The molecule has 0 aromatic carbocycles. The van der Waals surface area contributed by atoms with Crippen molar-refractivity contribution < 1.29 is 0 Å². The van der Waals surface area contributed by atoms with Crippen LogP contribution in [0.15, 0.2) is 0 Å². The van der Waals surface area contributed by atoms with Crippen LogP contribution >= 0.6 is 0 Å². The summed E-state index contributed by atoms with van der Waals surface area (Å²) in [5, 5.41) is 0. The minimum atomic E-state index is 0.990. The van der Waals surface area contributed by atoms with Crippen molar-refractivity contribution >= 4 is 0 Å². The van der Waals surface area contributed by atoms with Gasteiger partial charge in [0, 0.05) is 0 Å². The highest BCUT2D eigenvalue weighted by Crippen LogP contribution is 2.20. The van der Waals surface area contributed by atoms with Crippen LogP contribution in [-0.2, 0) is 0 Å². The van der Waals surface area contributed by atoms with Crippen molar-refractivity contribution in [3.05, 3.63) is 0 Å². The first-order valence-corrected chi connectivity index (χ1v) is 13.5. The lowest BCUT2D eigenvalue weighted by molar-refractivity contribution is 0.245. The summed E-state index contributed by atoms with van der Waals surface area (Å²) in [5.41, 5.74) is 0. The Balaban J connectivity index is 4.05. The van der Waals surface area contributed by atoms with Gasteiger partial charge >= 0.3 is 0 Å². The molecule has 0 rings (SSSR count). The quantitative estimate of drug-likeness (QED) is 0.156. The molecule has 0 amide bonds. The molecule has 28 heavy (non-hydrogen) atoms. The van der Waals surface area contributed by atoms with E-state index in [4.69, 9.17) is 0 Å². The van der Waals surface area contributed by atoms with E-state index in [1.807, 2.05) is 0 Å². The van der Waals surface area contributed by atoms with Crippen LogP contribution < -0.4 is 0 Å². The molecule has 0 unspecified atom stereocenters. The van der Waals surface area contributed by atoms with E-state index in [1.54, 1.807) is 0 Å². The smallest absolute Gasteiger partial charge is 0.00186 e. The van der Waals surface area contributed by atoms with Gasteiger partial charge < -0.3 is 4.90 Å².